The third kappa shape index (κ3) is 2.62. The summed E-state index contributed by atoms with van der Waals surface area (Å²) in [5.41, 5.74) is 3.42. The summed E-state index contributed by atoms with van der Waals surface area (Å²) in [7, 11) is -0.992. The Morgan fingerprint density at radius 2 is 2.16 bits per heavy atom. The van der Waals surface area contributed by atoms with Gasteiger partial charge in [0.25, 0.3) is 0 Å². The number of nitrogens with zero attached hydrogens (tertiary/aromatic N) is 1. The number of likely N-dealkylation sites (N-methyl/N-ethyl adjacent to an activating group) is 1. The highest BCUT2D eigenvalue weighted by molar-refractivity contribution is 7.92. The Bertz CT molecular complexity index is 597. The number of anilines is 1. The molecule has 0 saturated carbocycles. The van der Waals surface area contributed by atoms with Gasteiger partial charge in [-0.2, -0.15) is 0 Å². The van der Waals surface area contributed by atoms with Crippen molar-refractivity contribution < 1.29 is 8.42 Å². The molecule has 0 amide bonds. The number of fused-ring (bicyclic) bond motifs is 4. The molecule has 1 heterocycles. The van der Waals surface area contributed by atoms with Crippen molar-refractivity contribution in [3.8, 4) is 0 Å². The summed E-state index contributed by atoms with van der Waals surface area (Å²) in [6.45, 7) is 1.14. The largest absolute Gasteiger partial charge is 0.303 e. The molecule has 19 heavy (non-hydrogen) atoms. The predicted octanol–water partition coefficient (Wildman–Crippen LogP) is 1.79. The molecule has 0 spiro atoms. The van der Waals surface area contributed by atoms with Gasteiger partial charge in [-0.25, -0.2) is 8.42 Å². The van der Waals surface area contributed by atoms with Gasteiger partial charge in [0, 0.05) is 11.7 Å². The summed E-state index contributed by atoms with van der Waals surface area (Å²) in [6, 6.07) is 6.64. The van der Waals surface area contributed by atoms with E-state index in [0.29, 0.717) is 17.6 Å². The van der Waals surface area contributed by atoms with Crippen LogP contribution in [0.15, 0.2) is 18.2 Å². The second-order valence-electron chi connectivity index (χ2n) is 5.85. The van der Waals surface area contributed by atoms with E-state index in [1.54, 1.807) is 0 Å². The smallest absolute Gasteiger partial charge is 0.229 e. The standard InChI is InChI=1S/C14H20N2O2S/c1-16-6-5-11-8-13(16)7-10-3-4-12(9-14(10)11)15-19(2,17)18/h3-4,9,11,13,15H,5-8H2,1-2H3. The van der Waals surface area contributed by atoms with E-state index in [4.69, 9.17) is 0 Å². The third-order valence-corrected chi connectivity index (χ3v) is 4.96. The lowest BCUT2D eigenvalue weighted by atomic mass is 9.75. The molecule has 1 aromatic rings. The van der Waals surface area contributed by atoms with Crippen LogP contribution in [-0.4, -0.2) is 39.2 Å². The van der Waals surface area contributed by atoms with Crippen molar-refractivity contribution in [2.24, 2.45) is 0 Å². The van der Waals surface area contributed by atoms with Crippen molar-refractivity contribution in [2.75, 3.05) is 24.6 Å². The van der Waals surface area contributed by atoms with Crippen LogP contribution < -0.4 is 4.72 Å². The number of likely N-dealkylation sites (tertiary alicyclic amines) is 1. The highest BCUT2D eigenvalue weighted by Crippen LogP contribution is 2.40. The molecule has 3 rings (SSSR count). The summed E-state index contributed by atoms with van der Waals surface area (Å²) in [4.78, 5) is 2.45. The van der Waals surface area contributed by atoms with Gasteiger partial charge in [-0.15, -0.1) is 0 Å². The van der Waals surface area contributed by atoms with Gasteiger partial charge in [0.05, 0.1) is 6.26 Å². The van der Waals surface area contributed by atoms with Crippen LogP contribution in [0.1, 0.15) is 29.9 Å². The zero-order valence-electron chi connectivity index (χ0n) is 11.4. The Balaban J connectivity index is 1.93. The number of benzene rings is 1. The van der Waals surface area contributed by atoms with Crippen molar-refractivity contribution in [1.29, 1.82) is 0 Å². The normalized spacial score (nSPS) is 26.8. The van der Waals surface area contributed by atoms with Crippen LogP contribution in [-0.2, 0) is 16.4 Å². The molecule has 1 aliphatic carbocycles. The maximum atomic E-state index is 11.3. The van der Waals surface area contributed by atoms with Gasteiger partial charge in [-0.05, 0) is 62.0 Å². The summed E-state index contributed by atoms with van der Waals surface area (Å²) in [5, 5.41) is 0. The Labute approximate surface area is 114 Å². The third-order valence-electron chi connectivity index (χ3n) is 4.35. The average molecular weight is 280 g/mol. The molecule has 104 valence electrons. The molecule has 5 heteroatoms. The van der Waals surface area contributed by atoms with Gasteiger partial charge in [0.1, 0.15) is 0 Å². The first-order valence-electron chi connectivity index (χ1n) is 6.73. The van der Waals surface area contributed by atoms with E-state index in [-0.39, 0.29) is 0 Å². The fourth-order valence-electron chi connectivity index (χ4n) is 3.38. The molecular formula is C14H20N2O2S. The van der Waals surface area contributed by atoms with Gasteiger partial charge >= 0.3 is 0 Å². The summed E-state index contributed by atoms with van der Waals surface area (Å²) < 4.78 is 25.2. The average Bonchev–Trinajstić information content (AvgIpc) is 2.32. The fraction of sp³-hybridized carbons (Fsp3) is 0.571. The minimum Gasteiger partial charge on any atom is -0.303 e. The SMILES string of the molecule is CN1CCC2CC1Cc1ccc(NS(C)(=O)=O)cc12. The molecule has 2 bridgehead atoms. The van der Waals surface area contributed by atoms with E-state index in [0.717, 1.165) is 13.0 Å². The quantitative estimate of drug-likeness (QED) is 0.898. The van der Waals surface area contributed by atoms with Gasteiger partial charge in [0.15, 0.2) is 0 Å². The number of sulfonamides is 1. The molecule has 1 saturated heterocycles. The highest BCUT2D eigenvalue weighted by atomic mass is 32.2. The number of rotatable bonds is 2. The second-order valence-corrected chi connectivity index (χ2v) is 7.60. The van der Waals surface area contributed by atoms with E-state index in [2.05, 4.69) is 22.7 Å². The van der Waals surface area contributed by atoms with Crippen molar-refractivity contribution in [1.82, 2.24) is 4.90 Å². The number of nitrogens with one attached hydrogen (secondary N) is 1. The van der Waals surface area contributed by atoms with Crippen molar-refractivity contribution >= 4 is 15.7 Å². The van der Waals surface area contributed by atoms with E-state index >= 15 is 0 Å². The predicted molar refractivity (Wildman–Crippen MR) is 77.0 cm³/mol. The topological polar surface area (TPSA) is 49.4 Å². The zero-order valence-corrected chi connectivity index (χ0v) is 12.2. The highest BCUT2D eigenvalue weighted by Gasteiger charge is 2.33. The Hall–Kier alpha value is -1.07. The first-order chi connectivity index (χ1) is 8.92. The molecule has 1 aromatic carbocycles. The van der Waals surface area contributed by atoms with E-state index in [9.17, 15) is 8.42 Å². The van der Waals surface area contributed by atoms with Gasteiger partial charge in [0.2, 0.25) is 10.0 Å². The zero-order chi connectivity index (χ0) is 13.6. The van der Waals surface area contributed by atoms with Crippen LogP contribution in [0.25, 0.3) is 0 Å². The molecule has 2 unspecified atom stereocenters. The molecule has 1 aliphatic heterocycles. The minimum absolute atomic E-state index is 0.589. The maximum absolute atomic E-state index is 11.3. The van der Waals surface area contributed by atoms with Crippen molar-refractivity contribution in [2.45, 2.75) is 31.2 Å². The molecule has 4 nitrogen and oxygen atoms in total. The summed E-state index contributed by atoms with van der Waals surface area (Å²) >= 11 is 0. The van der Waals surface area contributed by atoms with E-state index in [1.807, 2.05) is 12.1 Å². The number of piperidine rings is 1. The van der Waals surface area contributed by atoms with Crippen LogP contribution in [0.5, 0.6) is 0 Å². The van der Waals surface area contributed by atoms with Gasteiger partial charge in [-0.3, -0.25) is 4.72 Å². The summed E-state index contributed by atoms with van der Waals surface area (Å²) in [6.07, 6.45) is 4.65. The van der Waals surface area contributed by atoms with Crippen LogP contribution in [0.3, 0.4) is 0 Å². The Kier molecular flexibility index (Phi) is 3.06. The maximum Gasteiger partial charge on any atom is 0.229 e. The second kappa shape index (κ2) is 4.49. The molecule has 1 fully saturated rings. The molecule has 2 aliphatic rings. The first-order valence-corrected chi connectivity index (χ1v) is 8.62. The fourth-order valence-corrected chi connectivity index (χ4v) is 3.94. The van der Waals surface area contributed by atoms with Crippen molar-refractivity contribution in [3.63, 3.8) is 0 Å². The number of hydrogen-bond acceptors (Lipinski definition) is 3. The molecular weight excluding hydrogens is 260 g/mol. The lowest BCUT2D eigenvalue weighted by molar-refractivity contribution is 0.157. The van der Waals surface area contributed by atoms with Gasteiger partial charge in [-0.1, -0.05) is 6.07 Å². The van der Waals surface area contributed by atoms with Crippen LogP contribution in [0.2, 0.25) is 0 Å². The molecule has 0 radical (unpaired) electrons. The monoisotopic (exact) mass is 280 g/mol. The van der Waals surface area contributed by atoms with E-state index < -0.39 is 10.0 Å². The molecule has 0 aromatic heterocycles. The Morgan fingerprint density at radius 1 is 1.37 bits per heavy atom. The van der Waals surface area contributed by atoms with E-state index in [1.165, 1.54) is 30.2 Å². The number of hydrogen-bond donors (Lipinski definition) is 1. The summed E-state index contributed by atoms with van der Waals surface area (Å²) in [5.74, 6) is 0.589. The molecule has 2 atom stereocenters. The lowest BCUT2D eigenvalue weighted by Gasteiger charge is -2.42. The van der Waals surface area contributed by atoms with Crippen LogP contribution in [0.4, 0.5) is 5.69 Å². The lowest BCUT2D eigenvalue weighted by Crippen LogP contribution is -2.43. The van der Waals surface area contributed by atoms with Crippen molar-refractivity contribution in [3.05, 3.63) is 29.3 Å². The Morgan fingerprint density at radius 3 is 2.89 bits per heavy atom. The molecule has 1 N–H and O–H groups in total. The van der Waals surface area contributed by atoms with Gasteiger partial charge < -0.3 is 4.90 Å². The first kappa shape index (κ1) is 12.9. The van der Waals surface area contributed by atoms with Crippen LogP contribution >= 0.6 is 0 Å². The minimum atomic E-state index is -3.19. The van der Waals surface area contributed by atoms with Crippen LogP contribution in [0, 0.1) is 0 Å².